The summed E-state index contributed by atoms with van der Waals surface area (Å²) in [6.07, 6.45) is 5.73. The lowest BCUT2D eigenvalue weighted by atomic mass is 9.83. The second kappa shape index (κ2) is 4.55. The standard InChI is InChI=1S/C15H28N2/c1-10-6-11(2)12(3)17(8-10)9-13-7-14-4-5-15(13)16-14/h10-16H,4-9H2,1-3H3. The van der Waals surface area contributed by atoms with E-state index < -0.39 is 0 Å². The highest BCUT2D eigenvalue weighted by molar-refractivity contribution is 4.99. The van der Waals surface area contributed by atoms with Crippen LogP contribution in [0, 0.1) is 17.8 Å². The highest BCUT2D eigenvalue weighted by Crippen LogP contribution is 2.35. The number of piperidine rings is 1. The first-order valence-electron chi connectivity index (χ1n) is 7.63. The fourth-order valence-corrected chi connectivity index (χ4v) is 4.51. The van der Waals surface area contributed by atoms with Gasteiger partial charge in [-0.05, 0) is 50.4 Å². The predicted molar refractivity (Wildman–Crippen MR) is 72.0 cm³/mol. The van der Waals surface area contributed by atoms with Gasteiger partial charge in [0.25, 0.3) is 0 Å². The first kappa shape index (κ1) is 12.0. The Hall–Kier alpha value is -0.0800. The average Bonchev–Trinajstić information content (AvgIpc) is 2.87. The molecular weight excluding hydrogens is 208 g/mol. The predicted octanol–water partition coefficient (Wildman–Crippen LogP) is 2.49. The molecule has 3 heterocycles. The number of fused-ring (bicyclic) bond motifs is 2. The van der Waals surface area contributed by atoms with Crippen molar-refractivity contribution in [3.05, 3.63) is 0 Å². The Morgan fingerprint density at radius 2 is 1.94 bits per heavy atom. The van der Waals surface area contributed by atoms with Crippen LogP contribution in [0.2, 0.25) is 0 Å². The zero-order valence-corrected chi connectivity index (χ0v) is 11.7. The number of hydrogen-bond donors (Lipinski definition) is 1. The van der Waals surface area contributed by atoms with Crippen LogP contribution in [0.25, 0.3) is 0 Å². The lowest BCUT2D eigenvalue weighted by Crippen LogP contribution is -2.48. The van der Waals surface area contributed by atoms with Crippen molar-refractivity contribution in [2.75, 3.05) is 13.1 Å². The molecule has 3 rings (SSSR count). The lowest BCUT2D eigenvalue weighted by molar-refractivity contribution is 0.0607. The number of likely N-dealkylation sites (tertiary alicyclic amines) is 1. The van der Waals surface area contributed by atoms with Gasteiger partial charge in [0.15, 0.2) is 0 Å². The van der Waals surface area contributed by atoms with Gasteiger partial charge in [0.05, 0.1) is 0 Å². The summed E-state index contributed by atoms with van der Waals surface area (Å²) >= 11 is 0. The molecule has 0 aromatic heterocycles. The highest BCUT2D eigenvalue weighted by atomic mass is 15.2. The molecule has 2 nitrogen and oxygen atoms in total. The maximum atomic E-state index is 3.78. The largest absolute Gasteiger partial charge is 0.311 e. The van der Waals surface area contributed by atoms with Crippen LogP contribution >= 0.6 is 0 Å². The molecule has 6 atom stereocenters. The Morgan fingerprint density at radius 1 is 1.12 bits per heavy atom. The van der Waals surface area contributed by atoms with Crippen molar-refractivity contribution in [2.45, 2.75) is 64.6 Å². The van der Waals surface area contributed by atoms with Gasteiger partial charge in [0.1, 0.15) is 0 Å². The van der Waals surface area contributed by atoms with Gasteiger partial charge in [-0.15, -0.1) is 0 Å². The third-order valence-electron chi connectivity index (χ3n) is 5.62. The quantitative estimate of drug-likeness (QED) is 0.792. The molecule has 3 saturated heterocycles. The minimum Gasteiger partial charge on any atom is -0.311 e. The van der Waals surface area contributed by atoms with Crippen LogP contribution in [0.4, 0.5) is 0 Å². The monoisotopic (exact) mass is 236 g/mol. The Labute approximate surface area is 106 Å². The maximum Gasteiger partial charge on any atom is 0.0111 e. The summed E-state index contributed by atoms with van der Waals surface area (Å²) in [5.74, 6) is 2.71. The van der Waals surface area contributed by atoms with E-state index >= 15 is 0 Å². The summed E-state index contributed by atoms with van der Waals surface area (Å²) in [4.78, 5) is 2.78. The Balaban J connectivity index is 1.60. The van der Waals surface area contributed by atoms with E-state index in [9.17, 15) is 0 Å². The van der Waals surface area contributed by atoms with E-state index in [1.54, 1.807) is 0 Å². The van der Waals surface area contributed by atoms with Crippen LogP contribution in [0.15, 0.2) is 0 Å². The van der Waals surface area contributed by atoms with E-state index in [1.165, 1.54) is 38.8 Å². The van der Waals surface area contributed by atoms with E-state index in [0.29, 0.717) is 0 Å². The molecule has 3 fully saturated rings. The zero-order valence-electron chi connectivity index (χ0n) is 11.7. The summed E-state index contributed by atoms with van der Waals surface area (Å²) in [5.41, 5.74) is 0. The topological polar surface area (TPSA) is 15.3 Å². The van der Waals surface area contributed by atoms with Gasteiger partial charge in [-0.3, -0.25) is 4.90 Å². The van der Waals surface area contributed by atoms with Crippen molar-refractivity contribution in [3.8, 4) is 0 Å². The van der Waals surface area contributed by atoms with Gasteiger partial charge in [-0.2, -0.15) is 0 Å². The minimum absolute atomic E-state index is 0.797. The van der Waals surface area contributed by atoms with Crippen molar-refractivity contribution in [3.63, 3.8) is 0 Å². The fraction of sp³-hybridized carbons (Fsp3) is 1.00. The van der Waals surface area contributed by atoms with Crippen LogP contribution in [0.3, 0.4) is 0 Å². The fourth-order valence-electron chi connectivity index (χ4n) is 4.51. The van der Waals surface area contributed by atoms with Crippen LogP contribution < -0.4 is 5.32 Å². The molecule has 17 heavy (non-hydrogen) atoms. The Morgan fingerprint density at radius 3 is 2.59 bits per heavy atom. The molecule has 6 unspecified atom stereocenters. The van der Waals surface area contributed by atoms with Gasteiger partial charge in [0, 0.05) is 31.2 Å². The van der Waals surface area contributed by atoms with Crippen LogP contribution in [0.1, 0.15) is 46.5 Å². The lowest BCUT2D eigenvalue weighted by Gasteiger charge is -2.43. The van der Waals surface area contributed by atoms with Gasteiger partial charge < -0.3 is 5.32 Å². The Bertz CT molecular complexity index is 278. The normalized spacial score (nSPS) is 51.0. The van der Waals surface area contributed by atoms with Crippen molar-refractivity contribution in [1.82, 2.24) is 10.2 Å². The first-order valence-corrected chi connectivity index (χ1v) is 7.63. The summed E-state index contributed by atoms with van der Waals surface area (Å²) in [6.45, 7) is 9.99. The molecule has 0 amide bonds. The van der Waals surface area contributed by atoms with E-state index in [-0.39, 0.29) is 0 Å². The molecule has 0 radical (unpaired) electrons. The van der Waals surface area contributed by atoms with Crippen molar-refractivity contribution >= 4 is 0 Å². The van der Waals surface area contributed by atoms with Crippen LogP contribution in [-0.2, 0) is 0 Å². The average molecular weight is 236 g/mol. The molecule has 0 aromatic carbocycles. The molecule has 3 aliphatic heterocycles. The van der Waals surface area contributed by atoms with Gasteiger partial charge in [-0.25, -0.2) is 0 Å². The van der Waals surface area contributed by atoms with Gasteiger partial charge in [-0.1, -0.05) is 13.8 Å². The summed E-state index contributed by atoms with van der Waals surface area (Å²) in [6, 6.07) is 2.50. The summed E-state index contributed by atoms with van der Waals surface area (Å²) in [5, 5.41) is 3.78. The molecule has 0 aliphatic carbocycles. The highest BCUT2D eigenvalue weighted by Gasteiger charge is 2.41. The van der Waals surface area contributed by atoms with E-state index in [4.69, 9.17) is 0 Å². The number of nitrogens with zero attached hydrogens (tertiary/aromatic N) is 1. The van der Waals surface area contributed by atoms with E-state index in [2.05, 4.69) is 31.0 Å². The van der Waals surface area contributed by atoms with E-state index in [1.807, 2.05) is 0 Å². The van der Waals surface area contributed by atoms with Crippen LogP contribution in [0.5, 0.6) is 0 Å². The molecule has 0 aromatic rings. The zero-order chi connectivity index (χ0) is 12.0. The molecule has 2 bridgehead atoms. The molecule has 98 valence electrons. The molecule has 1 N–H and O–H groups in total. The first-order chi connectivity index (χ1) is 8.13. The smallest absolute Gasteiger partial charge is 0.0111 e. The second-order valence-electron chi connectivity index (χ2n) is 7.06. The van der Waals surface area contributed by atoms with Gasteiger partial charge >= 0.3 is 0 Å². The molecule has 3 aliphatic rings. The number of hydrogen-bond acceptors (Lipinski definition) is 2. The second-order valence-corrected chi connectivity index (χ2v) is 7.06. The third kappa shape index (κ3) is 2.26. The number of nitrogens with one attached hydrogen (secondary N) is 1. The number of rotatable bonds is 2. The van der Waals surface area contributed by atoms with Crippen molar-refractivity contribution < 1.29 is 0 Å². The maximum absolute atomic E-state index is 3.78. The molecule has 2 heteroatoms. The van der Waals surface area contributed by atoms with Crippen molar-refractivity contribution in [2.24, 2.45) is 17.8 Å². The van der Waals surface area contributed by atoms with Gasteiger partial charge in [0.2, 0.25) is 0 Å². The minimum atomic E-state index is 0.797. The van der Waals surface area contributed by atoms with Crippen LogP contribution in [-0.4, -0.2) is 36.1 Å². The van der Waals surface area contributed by atoms with Crippen molar-refractivity contribution in [1.29, 1.82) is 0 Å². The van der Waals surface area contributed by atoms with E-state index in [0.717, 1.165) is 35.9 Å². The molecule has 0 spiro atoms. The Kier molecular flexibility index (Phi) is 3.20. The summed E-state index contributed by atoms with van der Waals surface area (Å²) < 4.78 is 0. The summed E-state index contributed by atoms with van der Waals surface area (Å²) in [7, 11) is 0. The SMILES string of the molecule is CC1CC(C)C(C)N(CC2CC3CCC2N3)C1. The molecular formula is C15H28N2. The molecule has 0 saturated carbocycles. The third-order valence-corrected chi connectivity index (χ3v) is 5.62.